The molecule has 4 rings (SSSR count). The summed E-state index contributed by atoms with van der Waals surface area (Å²) in [6.07, 6.45) is 0. The van der Waals surface area contributed by atoms with E-state index in [2.05, 4.69) is 52.7 Å². The smallest absolute Gasteiger partial charge is 0.123 e. The van der Waals surface area contributed by atoms with Gasteiger partial charge >= 0.3 is 0 Å². The van der Waals surface area contributed by atoms with Crippen molar-refractivity contribution in [3.63, 3.8) is 0 Å². The number of rotatable bonds is 3. The van der Waals surface area contributed by atoms with Gasteiger partial charge in [-0.25, -0.2) is 4.98 Å². The molecule has 1 aliphatic heterocycles. The van der Waals surface area contributed by atoms with Crippen molar-refractivity contribution in [1.29, 1.82) is 0 Å². The molecule has 0 atom stereocenters. The molecule has 116 valence electrons. The van der Waals surface area contributed by atoms with Gasteiger partial charge < -0.3 is 4.74 Å². The van der Waals surface area contributed by atoms with Crippen LogP contribution in [0.2, 0.25) is 0 Å². The third-order valence-corrected chi connectivity index (χ3v) is 4.93. The Balaban J connectivity index is 1.49. The molecular weight excluding hydrogens is 304 g/mol. The van der Waals surface area contributed by atoms with Gasteiger partial charge in [0.1, 0.15) is 17.4 Å². The fourth-order valence-corrected chi connectivity index (χ4v) is 3.65. The summed E-state index contributed by atoms with van der Waals surface area (Å²) in [5.41, 5.74) is 3.57. The summed E-state index contributed by atoms with van der Waals surface area (Å²) in [6.45, 7) is 3.43. The lowest BCUT2D eigenvalue weighted by molar-refractivity contribution is 0.218. The van der Waals surface area contributed by atoms with Crippen molar-refractivity contribution in [2.75, 3.05) is 13.2 Å². The molecule has 0 spiro atoms. The molecule has 0 aliphatic carbocycles. The van der Waals surface area contributed by atoms with Crippen LogP contribution in [0.4, 0.5) is 0 Å². The molecule has 1 aromatic heterocycles. The molecule has 1 aliphatic rings. The van der Waals surface area contributed by atoms with Crippen molar-refractivity contribution in [1.82, 2.24) is 9.88 Å². The highest BCUT2D eigenvalue weighted by atomic mass is 32.1. The van der Waals surface area contributed by atoms with Crippen molar-refractivity contribution in [2.45, 2.75) is 13.1 Å². The quantitative estimate of drug-likeness (QED) is 0.722. The maximum atomic E-state index is 5.83. The monoisotopic (exact) mass is 322 g/mol. The summed E-state index contributed by atoms with van der Waals surface area (Å²) in [6, 6.07) is 18.7. The molecule has 0 N–H and O–H groups in total. The van der Waals surface area contributed by atoms with E-state index in [4.69, 9.17) is 9.72 Å². The van der Waals surface area contributed by atoms with E-state index in [0.717, 1.165) is 42.7 Å². The van der Waals surface area contributed by atoms with Gasteiger partial charge in [-0.15, -0.1) is 11.3 Å². The van der Waals surface area contributed by atoms with Crippen LogP contribution >= 0.6 is 11.3 Å². The maximum absolute atomic E-state index is 5.83. The second kappa shape index (κ2) is 6.52. The van der Waals surface area contributed by atoms with Crippen LogP contribution in [0.25, 0.3) is 10.6 Å². The number of hydrogen-bond donors (Lipinski definition) is 0. The number of nitrogens with zero attached hydrogens (tertiary/aromatic N) is 2. The highest BCUT2D eigenvalue weighted by Gasteiger charge is 2.16. The Morgan fingerprint density at radius 3 is 2.78 bits per heavy atom. The lowest BCUT2D eigenvalue weighted by Crippen LogP contribution is -2.25. The minimum Gasteiger partial charge on any atom is -0.492 e. The Morgan fingerprint density at radius 2 is 1.87 bits per heavy atom. The van der Waals surface area contributed by atoms with Gasteiger partial charge in [0.15, 0.2) is 0 Å². The van der Waals surface area contributed by atoms with Gasteiger partial charge in [0, 0.05) is 36.1 Å². The van der Waals surface area contributed by atoms with E-state index in [1.165, 1.54) is 11.1 Å². The normalized spacial score (nSPS) is 14.8. The standard InChI is InChI=1S/C19H18N2OS/c1-2-6-15(7-3-1)19-20-17(14-23-19)13-21-10-11-22-18-9-5-4-8-16(18)12-21/h1-9,14H,10-13H2. The second-order valence-corrected chi connectivity index (χ2v) is 6.53. The van der Waals surface area contributed by atoms with Crippen LogP contribution in [0.5, 0.6) is 5.75 Å². The zero-order valence-electron chi connectivity index (χ0n) is 12.8. The van der Waals surface area contributed by atoms with E-state index in [1.54, 1.807) is 11.3 Å². The summed E-state index contributed by atoms with van der Waals surface area (Å²) in [5.74, 6) is 1.01. The van der Waals surface area contributed by atoms with Gasteiger partial charge in [-0.05, 0) is 6.07 Å². The van der Waals surface area contributed by atoms with E-state index in [-0.39, 0.29) is 0 Å². The minimum absolute atomic E-state index is 0.729. The zero-order valence-corrected chi connectivity index (χ0v) is 13.6. The second-order valence-electron chi connectivity index (χ2n) is 5.68. The summed E-state index contributed by atoms with van der Waals surface area (Å²) < 4.78 is 5.83. The fraction of sp³-hybridized carbons (Fsp3) is 0.211. The first-order valence-electron chi connectivity index (χ1n) is 7.81. The third kappa shape index (κ3) is 3.28. The highest BCUT2D eigenvalue weighted by Crippen LogP contribution is 2.26. The topological polar surface area (TPSA) is 25.4 Å². The van der Waals surface area contributed by atoms with Crippen molar-refractivity contribution in [3.05, 3.63) is 71.2 Å². The van der Waals surface area contributed by atoms with E-state index >= 15 is 0 Å². The Hall–Kier alpha value is -2.17. The van der Waals surface area contributed by atoms with Gasteiger partial charge in [-0.2, -0.15) is 0 Å². The number of fused-ring (bicyclic) bond motifs is 1. The molecular formula is C19H18N2OS. The number of ether oxygens (including phenoxy) is 1. The maximum Gasteiger partial charge on any atom is 0.123 e. The van der Waals surface area contributed by atoms with E-state index in [9.17, 15) is 0 Å². The third-order valence-electron chi connectivity index (χ3n) is 3.99. The van der Waals surface area contributed by atoms with Crippen LogP contribution in [0.15, 0.2) is 60.0 Å². The summed E-state index contributed by atoms with van der Waals surface area (Å²) in [5, 5.41) is 3.26. The predicted molar refractivity (Wildman–Crippen MR) is 93.6 cm³/mol. The van der Waals surface area contributed by atoms with Gasteiger partial charge in [0.2, 0.25) is 0 Å². The molecule has 4 heteroatoms. The number of aromatic nitrogens is 1. The number of para-hydroxylation sites is 1. The molecule has 0 saturated heterocycles. The Bertz CT molecular complexity index is 785. The Kier molecular flexibility index (Phi) is 4.09. The fourth-order valence-electron chi connectivity index (χ4n) is 2.84. The van der Waals surface area contributed by atoms with Gasteiger partial charge in [-0.3, -0.25) is 4.90 Å². The Labute approximate surface area is 140 Å². The van der Waals surface area contributed by atoms with Crippen LogP contribution in [0.1, 0.15) is 11.3 Å². The number of benzene rings is 2. The molecule has 3 nitrogen and oxygen atoms in total. The first-order chi connectivity index (χ1) is 11.4. The first-order valence-corrected chi connectivity index (χ1v) is 8.69. The zero-order chi connectivity index (χ0) is 15.5. The molecule has 3 aromatic rings. The summed E-state index contributed by atoms with van der Waals surface area (Å²) in [4.78, 5) is 7.20. The van der Waals surface area contributed by atoms with Gasteiger partial charge in [-0.1, -0.05) is 48.5 Å². The minimum atomic E-state index is 0.729. The SMILES string of the molecule is c1ccc(-c2nc(CN3CCOc4ccccc4C3)cs2)cc1. The van der Waals surface area contributed by atoms with Crippen molar-refractivity contribution >= 4 is 11.3 Å². The van der Waals surface area contributed by atoms with Gasteiger partial charge in [0.25, 0.3) is 0 Å². The molecule has 0 fully saturated rings. The van der Waals surface area contributed by atoms with Crippen LogP contribution in [0.3, 0.4) is 0 Å². The Morgan fingerprint density at radius 1 is 1.04 bits per heavy atom. The summed E-state index contributed by atoms with van der Waals surface area (Å²) >= 11 is 1.71. The van der Waals surface area contributed by atoms with Crippen LogP contribution in [-0.4, -0.2) is 23.0 Å². The number of thiazole rings is 1. The molecule has 2 aromatic carbocycles. The van der Waals surface area contributed by atoms with Crippen LogP contribution < -0.4 is 4.74 Å². The lowest BCUT2D eigenvalue weighted by Gasteiger charge is -2.17. The predicted octanol–water partition coefficient (Wildman–Crippen LogP) is 4.20. The molecule has 0 amide bonds. The number of hydrogen-bond acceptors (Lipinski definition) is 4. The molecule has 0 bridgehead atoms. The molecule has 23 heavy (non-hydrogen) atoms. The molecule has 2 heterocycles. The lowest BCUT2D eigenvalue weighted by atomic mass is 10.2. The average Bonchev–Trinajstić information content (AvgIpc) is 2.96. The van der Waals surface area contributed by atoms with Crippen LogP contribution in [-0.2, 0) is 13.1 Å². The van der Waals surface area contributed by atoms with E-state index < -0.39 is 0 Å². The molecule has 0 saturated carbocycles. The van der Waals surface area contributed by atoms with E-state index in [0.29, 0.717) is 0 Å². The van der Waals surface area contributed by atoms with Gasteiger partial charge in [0.05, 0.1) is 5.69 Å². The molecule has 0 unspecified atom stereocenters. The first kappa shape index (κ1) is 14.4. The summed E-state index contributed by atoms with van der Waals surface area (Å²) in [7, 11) is 0. The average molecular weight is 322 g/mol. The highest BCUT2D eigenvalue weighted by molar-refractivity contribution is 7.13. The van der Waals surface area contributed by atoms with Crippen molar-refractivity contribution < 1.29 is 4.74 Å². The molecule has 0 radical (unpaired) electrons. The van der Waals surface area contributed by atoms with Crippen molar-refractivity contribution in [3.8, 4) is 16.3 Å². The largest absolute Gasteiger partial charge is 0.492 e. The van der Waals surface area contributed by atoms with Crippen molar-refractivity contribution in [2.24, 2.45) is 0 Å². The van der Waals surface area contributed by atoms with E-state index in [1.807, 2.05) is 12.1 Å². The van der Waals surface area contributed by atoms with Crippen LogP contribution in [0, 0.1) is 0 Å².